The van der Waals surface area contributed by atoms with E-state index in [9.17, 15) is 0 Å². The number of nitrogens with two attached hydrogens (primary N) is 1. The van der Waals surface area contributed by atoms with Crippen LogP contribution in [0.4, 0.5) is 5.69 Å². The van der Waals surface area contributed by atoms with Crippen molar-refractivity contribution in [2.45, 2.75) is 39.7 Å². The standard InChI is InChI=1S/C16H26N4S/c1-5-13-10-19(4)7-6-8-20(13)14-9-11(2)18-12(3)15(14)16(17)21/h9,13H,5-8,10H2,1-4H3,(H2,17,21). The van der Waals surface area contributed by atoms with Crippen molar-refractivity contribution in [2.24, 2.45) is 5.73 Å². The highest BCUT2D eigenvalue weighted by molar-refractivity contribution is 7.80. The largest absolute Gasteiger partial charge is 0.389 e. The van der Waals surface area contributed by atoms with Crippen molar-refractivity contribution in [3.05, 3.63) is 23.0 Å². The van der Waals surface area contributed by atoms with E-state index in [1.54, 1.807) is 0 Å². The Kier molecular flexibility index (Phi) is 5.17. The Hall–Kier alpha value is -1.20. The zero-order valence-electron chi connectivity index (χ0n) is 13.5. The fourth-order valence-corrected chi connectivity index (χ4v) is 3.50. The van der Waals surface area contributed by atoms with E-state index in [1.165, 1.54) is 0 Å². The number of likely N-dealkylation sites (N-methyl/N-ethyl adjacent to an activating group) is 1. The van der Waals surface area contributed by atoms with Crippen LogP contribution < -0.4 is 10.6 Å². The molecule has 1 aliphatic heterocycles. The molecule has 1 unspecified atom stereocenters. The summed E-state index contributed by atoms with van der Waals surface area (Å²) in [4.78, 5) is 9.88. The van der Waals surface area contributed by atoms with Gasteiger partial charge in [0.1, 0.15) is 4.99 Å². The second kappa shape index (κ2) is 6.71. The van der Waals surface area contributed by atoms with Gasteiger partial charge in [0.2, 0.25) is 0 Å². The van der Waals surface area contributed by atoms with E-state index < -0.39 is 0 Å². The van der Waals surface area contributed by atoms with E-state index in [-0.39, 0.29) is 0 Å². The van der Waals surface area contributed by atoms with E-state index in [0.717, 1.165) is 55.1 Å². The molecule has 0 radical (unpaired) electrons. The Labute approximate surface area is 133 Å². The number of pyridine rings is 1. The van der Waals surface area contributed by atoms with Crippen molar-refractivity contribution in [2.75, 3.05) is 31.6 Å². The predicted octanol–water partition coefficient (Wildman–Crippen LogP) is 2.25. The van der Waals surface area contributed by atoms with Crippen LogP contribution in [0.15, 0.2) is 6.07 Å². The fraction of sp³-hybridized carbons (Fsp3) is 0.625. The minimum atomic E-state index is 0.447. The zero-order chi connectivity index (χ0) is 15.6. The van der Waals surface area contributed by atoms with Gasteiger partial charge in [-0.15, -0.1) is 0 Å². The molecule has 0 spiro atoms. The number of anilines is 1. The van der Waals surface area contributed by atoms with Gasteiger partial charge < -0.3 is 15.5 Å². The molecular formula is C16H26N4S. The first kappa shape index (κ1) is 16.2. The predicted molar refractivity (Wildman–Crippen MR) is 93.1 cm³/mol. The van der Waals surface area contributed by atoms with E-state index in [4.69, 9.17) is 18.0 Å². The molecule has 0 bridgehead atoms. The molecule has 116 valence electrons. The lowest BCUT2D eigenvalue weighted by molar-refractivity contribution is 0.328. The molecule has 1 aromatic rings. The Morgan fingerprint density at radius 2 is 2.14 bits per heavy atom. The van der Waals surface area contributed by atoms with Crippen LogP contribution >= 0.6 is 12.2 Å². The van der Waals surface area contributed by atoms with Gasteiger partial charge in [-0.25, -0.2) is 0 Å². The molecule has 1 atom stereocenters. The molecular weight excluding hydrogens is 280 g/mol. The molecule has 1 aromatic heterocycles. The van der Waals surface area contributed by atoms with Gasteiger partial charge in [-0.2, -0.15) is 0 Å². The Morgan fingerprint density at radius 3 is 2.76 bits per heavy atom. The number of thiocarbonyl (C=S) groups is 1. The minimum absolute atomic E-state index is 0.447. The maximum atomic E-state index is 5.98. The average molecular weight is 306 g/mol. The van der Waals surface area contributed by atoms with Crippen molar-refractivity contribution in [1.29, 1.82) is 0 Å². The van der Waals surface area contributed by atoms with Gasteiger partial charge in [0.15, 0.2) is 0 Å². The smallest absolute Gasteiger partial charge is 0.107 e. The first-order chi connectivity index (χ1) is 9.93. The molecule has 1 fully saturated rings. The molecule has 0 amide bonds. The van der Waals surface area contributed by atoms with Crippen LogP contribution in [0.3, 0.4) is 0 Å². The summed E-state index contributed by atoms with van der Waals surface area (Å²) in [5, 5.41) is 0. The van der Waals surface area contributed by atoms with Crippen LogP contribution in [0.2, 0.25) is 0 Å². The van der Waals surface area contributed by atoms with E-state index in [0.29, 0.717) is 11.0 Å². The highest BCUT2D eigenvalue weighted by atomic mass is 32.1. The monoisotopic (exact) mass is 306 g/mol. The van der Waals surface area contributed by atoms with Crippen molar-refractivity contribution in [3.8, 4) is 0 Å². The summed E-state index contributed by atoms with van der Waals surface area (Å²) >= 11 is 5.28. The Morgan fingerprint density at radius 1 is 1.43 bits per heavy atom. The molecule has 0 aliphatic carbocycles. The van der Waals surface area contributed by atoms with Gasteiger partial charge in [0.25, 0.3) is 0 Å². The van der Waals surface area contributed by atoms with Gasteiger partial charge in [0.05, 0.1) is 11.3 Å². The van der Waals surface area contributed by atoms with E-state index in [1.807, 2.05) is 13.8 Å². The van der Waals surface area contributed by atoms with E-state index >= 15 is 0 Å². The number of rotatable bonds is 3. The summed E-state index contributed by atoms with van der Waals surface area (Å²) in [6, 6.07) is 2.63. The zero-order valence-corrected chi connectivity index (χ0v) is 14.3. The second-order valence-corrected chi connectivity index (χ2v) is 6.42. The number of nitrogens with zero attached hydrogens (tertiary/aromatic N) is 3. The van der Waals surface area contributed by atoms with Gasteiger partial charge in [-0.1, -0.05) is 19.1 Å². The summed E-state index contributed by atoms with van der Waals surface area (Å²) in [5.74, 6) is 0. The third kappa shape index (κ3) is 3.52. The summed E-state index contributed by atoms with van der Waals surface area (Å²) in [6.07, 6.45) is 2.27. The van der Waals surface area contributed by atoms with Gasteiger partial charge in [-0.3, -0.25) is 4.98 Å². The van der Waals surface area contributed by atoms with Crippen LogP contribution in [0, 0.1) is 13.8 Å². The topological polar surface area (TPSA) is 45.4 Å². The van der Waals surface area contributed by atoms with Crippen LogP contribution in [-0.2, 0) is 0 Å². The Bertz CT molecular complexity index is 529. The molecule has 21 heavy (non-hydrogen) atoms. The molecule has 0 saturated carbocycles. The van der Waals surface area contributed by atoms with Crippen LogP contribution in [0.25, 0.3) is 0 Å². The summed E-state index contributed by atoms with van der Waals surface area (Å²) in [6.45, 7) is 9.53. The lowest BCUT2D eigenvalue weighted by atomic mass is 10.1. The lowest BCUT2D eigenvalue weighted by Crippen LogP contribution is -2.41. The highest BCUT2D eigenvalue weighted by Gasteiger charge is 2.25. The van der Waals surface area contributed by atoms with Crippen molar-refractivity contribution >= 4 is 22.9 Å². The van der Waals surface area contributed by atoms with Crippen LogP contribution in [-0.4, -0.2) is 47.6 Å². The first-order valence-electron chi connectivity index (χ1n) is 7.67. The summed E-state index contributed by atoms with van der Waals surface area (Å²) in [7, 11) is 2.20. The van der Waals surface area contributed by atoms with Gasteiger partial charge >= 0.3 is 0 Å². The fourth-order valence-electron chi connectivity index (χ4n) is 3.25. The van der Waals surface area contributed by atoms with Gasteiger partial charge in [0, 0.05) is 30.5 Å². The molecule has 2 heterocycles. The normalized spacial score (nSPS) is 20.4. The average Bonchev–Trinajstić information content (AvgIpc) is 2.58. The Balaban J connectivity index is 2.50. The summed E-state index contributed by atoms with van der Waals surface area (Å²) in [5.41, 5.74) is 10.0. The molecule has 2 N–H and O–H groups in total. The molecule has 1 saturated heterocycles. The van der Waals surface area contributed by atoms with Crippen molar-refractivity contribution in [3.63, 3.8) is 0 Å². The number of aryl methyl sites for hydroxylation is 2. The number of aromatic nitrogens is 1. The number of hydrogen-bond acceptors (Lipinski definition) is 4. The highest BCUT2D eigenvalue weighted by Crippen LogP contribution is 2.28. The SMILES string of the molecule is CCC1CN(C)CCCN1c1cc(C)nc(C)c1C(N)=S. The molecule has 5 heteroatoms. The molecule has 0 aromatic carbocycles. The first-order valence-corrected chi connectivity index (χ1v) is 8.08. The minimum Gasteiger partial charge on any atom is -0.389 e. The molecule has 2 rings (SSSR count). The van der Waals surface area contributed by atoms with Gasteiger partial charge in [-0.05, 0) is 46.3 Å². The molecule has 4 nitrogen and oxygen atoms in total. The quantitative estimate of drug-likeness (QED) is 0.868. The lowest BCUT2D eigenvalue weighted by Gasteiger charge is -2.34. The van der Waals surface area contributed by atoms with Crippen molar-refractivity contribution in [1.82, 2.24) is 9.88 Å². The van der Waals surface area contributed by atoms with Crippen molar-refractivity contribution < 1.29 is 0 Å². The second-order valence-electron chi connectivity index (χ2n) is 5.98. The third-order valence-corrected chi connectivity index (χ3v) is 4.44. The molecule has 1 aliphatic rings. The maximum Gasteiger partial charge on any atom is 0.107 e. The van der Waals surface area contributed by atoms with E-state index in [2.05, 4.69) is 34.8 Å². The summed E-state index contributed by atoms with van der Waals surface area (Å²) < 4.78 is 0. The van der Waals surface area contributed by atoms with Crippen LogP contribution in [0.5, 0.6) is 0 Å². The van der Waals surface area contributed by atoms with Crippen LogP contribution in [0.1, 0.15) is 36.7 Å². The number of hydrogen-bond donors (Lipinski definition) is 1. The maximum absolute atomic E-state index is 5.98. The third-order valence-electron chi connectivity index (χ3n) is 4.24.